The van der Waals surface area contributed by atoms with Gasteiger partial charge in [0.05, 0.1) is 23.8 Å². The first-order valence-corrected chi connectivity index (χ1v) is 8.48. The van der Waals surface area contributed by atoms with Gasteiger partial charge in [0.25, 0.3) is 11.8 Å². The Morgan fingerprint density at radius 2 is 1.92 bits per heavy atom. The molecular formula is C19H17F2N3O2. The number of hydrogen-bond donors (Lipinski definition) is 0. The van der Waals surface area contributed by atoms with E-state index < -0.39 is 18.0 Å². The molecule has 5 nitrogen and oxygen atoms in total. The Kier molecular flexibility index (Phi) is 4.14. The van der Waals surface area contributed by atoms with Crippen LogP contribution in [0.25, 0.3) is 0 Å². The Bertz CT molecular complexity index is 856. The lowest BCUT2D eigenvalue weighted by molar-refractivity contribution is 0.0589. The highest BCUT2D eigenvalue weighted by atomic mass is 19.1. The lowest BCUT2D eigenvalue weighted by Crippen LogP contribution is -2.49. The van der Waals surface area contributed by atoms with Crippen LogP contribution in [0.5, 0.6) is 0 Å². The minimum absolute atomic E-state index is 0.0788. The van der Waals surface area contributed by atoms with E-state index in [0.29, 0.717) is 24.1 Å². The van der Waals surface area contributed by atoms with Crippen LogP contribution in [-0.2, 0) is 6.42 Å². The Morgan fingerprint density at radius 1 is 1.15 bits per heavy atom. The summed E-state index contributed by atoms with van der Waals surface area (Å²) in [7, 11) is 0. The van der Waals surface area contributed by atoms with Crippen LogP contribution in [-0.4, -0.2) is 58.4 Å². The summed E-state index contributed by atoms with van der Waals surface area (Å²) in [5.74, 6) is -1.04. The molecule has 1 fully saturated rings. The van der Waals surface area contributed by atoms with Gasteiger partial charge in [0.1, 0.15) is 12.0 Å². The van der Waals surface area contributed by atoms with Crippen LogP contribution < -0.4 is 0 Å². The van der Waals surface area contributed by atoms with Crippen molar-refractivity contribution >= 4 is 11.8 Å². The van der Waals surface area contributed by atoms with Gasteiger partial charge in [-0.15, -0.1) is 0 Å². The average molecular weight is 357 g/mol. The number of aromatic nitrogens is 1. The second-order valence-electron chi connectivity index (χ2n) is 6.55. The standard InChI is InChI=1S/C19H17F2N3O2/c20-13-5-3-12(4-6-13)18(25)23-10-15(21)17(11-23)24-9-7-16-14(19(24)26)2-1-8-22-16/h1-6,8,15,17H,7,9-11H2. The number of carbonyl (C=O) groups is 2. The van der Waals surface area contributed by atoms with Crippen molar-refractivity contribution in [3.63, 3.8) is 0 Å². The number of benzene rings is 1. The van der Waals surface area contributed by atoms with Crippen LogP contribution in [0.1, 0.15) is 26.4 Å². The van der Waals surface area contributed by atoms with Gasteiger partial charge in [-0.1, -0.05) is 0 Å². The summed E-state index contributed by atoms with van der Waals surface area (Å²) in [6, 6.07) is 7.86. The first-order valence-electron chi connectivity index (χ1n) is 8.48. The third-order valence-corrected chi connectivity index (χ3v) is 4.97. The normalized spacial score (nSPS) is 22.5. The molecule has 26 heavy (non-hydrogen) atoms. The summed E-state index contributed by atoms with van der Waals surface area (Å²) in [5, 5.41) is 0. The highest BCUT2D eigenvalue weighted by Crippen LogP contribution is 2.26. The average Bonchev–Trinajstić information content (AvgIpc) is 3.04. The zero-order valence-electron chi connectivity index (χ0n) is 13.9. The second kappa shape index (κ2) is 6.48. The van der Waals surface area contributed by atoms with Gasteiger partial charge in [-0.05, 0) is 36.4 Å². The smallest absolute Gasteiger partial charge is 0.256 e. The van der Waals surface area contributed by atoms with E-state index in [0.717, 1.165) is 5.69 Å². The molecule has 1 saturated heterocycles. The summed E-state index contributed by atoms with van der Waals surface area (Å²) in [6.07, 6.45) is 0.886. The third kappa shape index (κ3) is 2.83. The van der Waals surface area contributed by atoms with E-state index in [1.54, 1.807) is 18.3 Å². The predicted molar refractivity (Wildman–Crippen MR) is 90.0 cm³/mol. The number of halogens is 2. The third-order valence-electron chi connectivity index (χ3n) is 4.97. The van der Waals surface area contributed by atoms with E-state index >= 15 is 0 Å². The quantitative estimate of drug-likeness (QED) is 0.827. The molecule has 2 unspecified atom stereocenters. The van der Waals surface area contributed by atoms with Crippen LogP contribution in [0, 0.1) is 5.82 Å². The van der Waals surface area contributed by atoms with Gasteiger partial charge in [0, 0.05) is 31.3 Å². The van der Waals surface area contributed by atoms with Crippen LogP contribution in [0.15, 0.2) is 42.6 Å². The van der Waals surface area contributed by atoms with Crippen molar-refractivity contribution in [2.24, 2.45) is 0 Å². The van der Waals surface area contributed by atoms with Crippen molar-refractivity contribution in [3.05, 3.63) is 65.2 Å². The highest BCUT2D eigenvalue weighted by Gasteiger charge is 2.42. The molecule has 0 N–H and O–H groups in total. The van der Waals surface area contributed by atoms with Crippen molar-refractivity contribution in [2.45, 2.75) is 18.6 Å². The van der Waals surface area contributed by atoms with E-state index in [4.69, 9.17) is 0 Å². The maximum atomic E-state index is 14.6. The van der Waals surface area contributed by atoms with Crippen molar-refractivity contribution in [1.82, 2.24) is 14.8 Å². The lowest BCUT2D eigenvalue weighted by atomic mass is 10.0. The fraction of sp³-hybridized carbons (Fsp3) is 0.316. The first kappa shape index (κ1) is 16.6. The molecule has 134 valence electrons. The number of hydrogen-bond acceptors (Lipinski definition) is 3. The SMILES string of the molecule is O=C(c1ccc(F)cc1)N1CC(F)C(N2CCc3ncccc3C2=O)C1. The maximum Gasteiger partial charge on any atom is 0.256 e. The molecule has 2 aliphatic rings. The van der Waals surface area contributed by atoms with Crippen LogP contribution in [0.3, 0.4) is 0 Å². The summed E-state index contributed by atoms with van der Waals surface area (Å²) in [5.41, 5.74) is 1.52. The van der Waals surface area contributed by atoms with Gasteiger partial charge in [0.2, 0.25) is 0 Å². The number of likely N-dealkylation sites (tertiary alicyclic amines) is 1. The molecule has 2 aromatic rings. The van der Waals surface area contributed by atoms with E-state index in [2.05, 4.69) is 4.98 Å². The van der Waals surface area contributed by atoms with E-state index in [9.17, 15) is 18.4 Å². The Hall–Kier alpha value is -2.83. The molecule has 0 spiro atoms. The van der Waals surface area contributed by atoms with Crippen LogP contribution in [0.2, 0.25) is 0 Å². The number of amides is 2. The molecular weight excluding hydrogens is 340 g/mol. The minimum Gasteiger partial charge on any atom is -0.333 e. The van der Waals surface area contributed by atoms with E-state index in [-0.39, 0.29) is 24.9 Å². The number of pyridine rings is 1. The molecule has 4 rings (SSSR count). The van der Waals surface area contributed by atoms with Crippen molar-refractivity contribution in [1.29, 1.82) is 0 Å². The van der Waals surface area contributed by atoms with Gasteiger partial charge < -0.3 is 9.80 Å². The fourth-order valence-corrected chi connectivity index (χ4v) is 3.61. The molecule has 2 amide bonds. The molecule has 1 aromatic heterocycles. The summed E-state index contributed by atoms with van der Waals surface area (Å²) >= 11 is 0. The van der Waals surface area contributed by atoms with Gasteiger partial charge in [-0.2, -0.15) is 0 Å². The molecule has 2 aliphatic heterocycles. The molecule has 0 bridgehead atoms. The van der Waals surface area contributed by atoms with Crippen LogP contribution in [0.4, 0.5) is 8.78 Å². The van der Waals surface area contributed by atoms with Crippen molar-refractivity contribution < 1.29 is 18.4 Å². The molecule has 2 atom stereocenters. The largest absolute Gasteiger partial charge is 0.333 e. The molecule has 0 saturated carbocycles. The number of rotatable bonds is 2. The minimum atomic E-state index is -1.32. The Balaban J connectivity index is 1.52. The monoisotopic (exact) mass is 357 g/mol. The van der Waals surface area contributed by atoms with E-state index in [1.165, 1.54) is 34.1 Å². The van der Waals surface area contributed by atoms with Crippen molar-refractivity contribution in [2.75, 3.05) is 19.6 Å². The van der Waals surface area contributed by atoms with Gasteiger partial charge >= 0.3 is 0 Å². The molecule has 0 aliphatic carbocycles. The molecule has 3 heterocycles. The molecule has 7 heteroatoms. The number of carbonyl (C=O) groups excluding carboxylic acids is 2. The van der Waals surface area contributed by atoms with E-state index in [1.807, 2.05) is 0 Å². The van der Waals surface area contributed by atoms with Crippen LogP contribution >= 0.6 is 0 Å². The summed E-state index contributed by atoms with van der Waals surface area (Å²) < 4.78 is 27.7. The first-order chi connectivity index (χ1) is 12.5. The van der Waals surface area contributed by atoms with Gasteiger partial charge in [-0.25, -0.2) is 8.78 Å². The van der Waals surface area contributed by atoms with Crippen molar-refractivity contribution in [3.8, 4) is 0 Å². The van der Waals surface area contributed by atoms with Gasteiger partial charge in [0.15, 0.2) is 0 Å². The summed E-state index contributed by atoms with van der Waals surface area (Å²) in [4.78, 5) is 32.3. The predicted octanol–water partition coefficient (Wildman–Crippen LogP) is 2.08. The molecule has 1 aromatic carbocycles. The van der Waals surface area contributed by atoms with Gasteiger partial charge in [-0.3, -0.25) is 14.6 Å². The number of nitrogens with zero attached hydrogens (tertiary/aromatic N) is 3. The zero-order valence-corrected chi connectivity index (χ0v) is 13.9. The Morgan fingerprint density at radius 3 is 2.69 bits per heavy atom. The fourth-order valence-electron chi connectivity index (χ4n) is 3.61. The lowest BCUT2D eigenvalue weighted by Gasteiger charge is -2.33. The molecule has 0 radical (unpaired) electrons. The zero-order chi connectivity index (χ0) is 18.3. The highest BCUT2D eigenvalue weighted by molar-refractivity contribution is 5.97. The second-order valence-corrected chi connectivity index (χ2v) is 6.55. The topological polar surface area (TPSA) is 53.5 Å². The number of alkyl halides is 1. The maximum absolute atomic E-state index is 14.6. The summed E-state index contributed by atoms with van der Waals surface area (Å²) in [6.45, 7) is 0.426. The number of fused-ring (bicyclic) bond motifs is 1. The Labute approximate surface area is 149 Å².